The molecule has 3 N–H and O–H groups in total. The zero-order chi connectivity index (χ0) is 21.9. The third kappa shape index (κ3) is 4.39. The van der Waals surface area contributed by atoms with Gasteiger partial charge >= 0.3 is 0 Å². The predicted molar refractivity (Wildman–Crippen MR) is 112 cm³/mol. The van der Waals surface area contributed by atoms with Crippen LogP contribution >= 0.6 is 0 Å². The molecule has 0 spiro atoms. The van der Waals surface area contributed by atoms with E-state index in [0.29, 0.717) is 12.4 Å². The summed E-state index contributed by atoms with van der Waals surface area (Å²) in [6.07, 6.45) is 2.50. The molecule has 1 saturated heterocycles. The number of nitrogen functional groups attached to an aromatic ring is 1. The van der Waals surface area contributed by atoms with E-state index in [1.165, 1.54) is 41.9 Å². The fraction of sp³-hybridized carbons (Fsp3) is 0.333. The van der Waals surface area contributed by atoms with Crippen molar-refractivity contribution in [3.63, 3.8) is 0 Å². The summed E-state index contributed by atoms with van der Waals surface area (Å²) in [7, 11) is -6.02. The van der Waals surface area contributed by atoms with E-state index in [9.17, 15) is 16.8 Å². The van der Waals surface area contributed by atoms with Crippen LogP contribution in [0.3, 0.4) is 0 Å². The normalized spacial score (nSPS) is 17.9. The molecule has 160 valence electrons. The lowest BCUT2D eigenvalue weighted by molar-refractivity contribution is 0.359. The molecular formula is C18H22N6O4S2. The number of nitrogens with zero attached hydrogens (tertiary/aromatic N) is 4. The highest BCUT2D eigenvalue weighted by atomic mass is 32.2. The Hall–Kier alpha value is -2.72. The lowest BCUT2D eigenvalue weighted by Crippen LogP contribution is -2.54. The van der Waals surface area contributed by atoms with Crippen LogP contribution in [0.25, 0.3) is 0 Å². The number of nitrogens with one attached hydrogen (secondary N) is 1. The van der Waals surface area contributed by atoms with Crippen molar-refractivity contribution in [2.45, 2.75) is 22.8 Å². The van der Waals surface area contributed by atoms with Crippen molar-refractivity contribution < 1.29 is 16.8 Å². The molecule has 0 radical (unpaired) electrons. The fourth-order valence-electron chi connectivity index (χ4n) is 3.05. The van der Waals surface area contributed by atoms with Gasteiger partial charge in [0.2, 0.25) is 20.0 Å². The summed E-state index contributed by atoms with van der Waals surface area (Å²) < 4.78 is 53.3. The van der Waals surface area contributed by atoms with Crippen LogP contribution in [0.15, 0.2) is 46.5 Å². The van der Waals surface area contributed by atoms with Gasteiger partial charge in [-0.05, 0) is 38.2 Å². The summed E-state index contributed by atoms with van der Waals surface area (Å²) in [6, 6.07) is 5.46. The summed E-state index contributed by atoms with van der Waals surface area (Å²) in [6.45, 7) is 2.36. The quantitative estimate of drug-likeness (QED) is 0.601. The number of hydrogen-bond acceptors (Lipinski definition) is 8. The molecular weight excluding hydrogens is 428 g/mol. The van der Waals surface area contributed by atoms with E-state index in [1.807, 2.05) is 4.90 Å². The molecule has 0 aromatic carbocycles. The molecule has 12 heteroatoms. The second-order valence-corrected chi connectivity index (χ2v) is 10.3. The minimum atomic E-state index is -3.75. The molecule has 0 amide bonds. The second kappa shape index (κ2) is 8.57. The van der Waals surface area contributed by atoms with E-state index in [4.69, 9.17) is 5.73 Å². The van der Waals surface area contributed by atoms with Crippen molar-refractivity contribution in [3.05, 3.63) is 36.7 Å². The number of piperazine rings is 1. The van der Waals surface area contributed by atoms with Crippen LogP contribution < -0.4 is 15.4 Å². The lowest BCUT2D eigenvalue weighted by Gasteiger charge is -2.39. The van der Waals surface area contributed by atoms with Gasteiger partial charge in [-0.25, -0.2) is 31.5 Å². The molecule has 3 rings (SSSR count). The topological polar surface area (TPSA) is 139 Å². The highest BCUT2D eigenvalue weighted by Gasteiger charge is 2.34. The Kier molecular flexibility index (Phi) is 6.27. The van der Waals surface area contributed by atoms with Gasteiger partial charge in [0.25, 0.3) is 0 Å². The third-order valence-electron chi connectivity index (χ3n) is 4.65. The smallest absolute Gasteiger partial charge is 0.244 e. The van der Waals surface area contributed by atoms with Gasteiger partial charge in [-0.15, -0.1) is 5.92 Å². The van der Waals surface area contributed by atoms with Crippen LogP contribution in [0.4, 0.5) is 11.6 Å². The number of sulfonamides is 2. The van der Waals surface area contributed by atoms with Crippen LogP contribution in [0.2, 0.25) is 0 Å². The monoisotopic (exact) mass is 450 g/mol. The van der Waals surface area contributed by atoms with Gasteiger partial charge in [-0.2, -0.15) is 4.31 Å². The SMILES string of the molecule is CC#C[C@H]1CN(S(=O)(=O)c2ccc(N)nc2)CCN1c1ccc(S(=O)(=O)NC)cn1. The standard InChI is InChI=1S/C18H22N6O4S2/c1-3-4-14-13-23(30(27,28)16-5-7-17(19)21-12-16)9-10-24(14)18-8-6-15(11-22-18)29(25,26)20-2/h5-8,11-12,14,20H,9-10,13H2,1-2H3,(H2,19,21)/t14-/m0/s1. The Morgan fingerprint density at radius 1 is 1.07 bits per heavy atom. The highest BCUT2D eigenvalue weighted by Crippen LogP contribution is 2.24. The largest absolute Gasteiger partial charge is 0.384 e. The molecule has 10 nitrogen and oxygen atoms in total. The predicted octanol–water partition coefficient (Wildman–Crippen LogP) is -0.130. The molecule has 3 heterocycles. The fourth-order valence-corrected chi connectivity index (χ4v) is 5.11. The molecule has 1 aliphatic heterocycles. The molecule has 2 aromatic rings. The maximum absolute atomic E-state index is 13.0. The van der Waals surface area contributed by atoms with Crippen molar-refractivity contribution in [2.75, 3.05) is 37.3 Å². The number of aromatic nitrogens is 2. The molecule has 30 heavy (non-hydrogen) atoms. The second-order valence-electron chi connectivity index (χ2n) is 6.45. The van der Waals surface area contributed by atoms with Gasteiger partial charge in [0.1, 0.15) is 27.5 Å². The summed E-state index contributed by atoms with van der Waals surface area (Å²) in [5.41, 5.74) is 5.55. The zero-order valence-electron chi connectivity index (χ0n) is 16.5. The number of nitrogens with two attached hydrogens (primary N) is 1. The van der Waals surface area contributed by atoms with Crippen LogP contribution in [-0.4, -0.2) is 63.8 Å². The van der Waals surface area contributed by atoms with Crippen molar-refractivity contribution in [3.8, 4) is 11.8 Å². The maximum Gasteiger partial charge on any atom is 0.244 e. The first kappa shape index (κ1) is 22.0. The molecule has 1 atom stereocenters. The van der Waals surface area contributed by atoms with Gasteiger partial charge < -0.3 is 10.6 Å². The summed E-state index contributed by atoms with van der Waals surface area (Å²) in [5.74, 6) is 6.60. The first-order valence-electron chi connectivity index (χ1n) is 8.99. The van der Waals surface area contributed by atoms with Gasteiger partial charge in [0.05, 0.1) is 0 Å². The summed E-state index contributed by atoms with van der Waals surface area (Å²) >= 11 is 0. The Morgan fingerprint density at radius 3 is 2.33 bits per heavy atom. The summed E-state index contributed by atoms with van der Waals surface area (Å²) in [4.78, 5) is 10.1. The maximum atomic E-state index is 13.0. The molecule has 0 bridgehead atoms. The van der Waals surface area contributed by atoms with Crippen molar-refractivity contribution in [1.82, 2.24) is 19.0 Å². The lowest BCUT2D eigenvalue weighted by atomic mass is 10.2. The van der Waals surface area contributed by atoms with E-state index >= 15 is 0 Å². The van der Waals surface area contributed by atoms with Gasteiger partial charge in [0.15, 0.2) is 0 Å². The van der Waals surface area contributed by atoms with Gasteiger partial charge in [0, 0.05) is 32.0 Å². The average Bonchev–Trinajstić information content (AvgIpc) is 2.74. The van der Waals surface area contributed by atoms with Gasteiger partial charge in [-0.3, -0.25) is 0 Å². The van der Waals surface area contributed by atoms with Crippen LogP contribution in [-0.2, 0) is 20.0 Å². The van der Waals surface area contributed by atoms with Crippen molar-refractivity contribution in [1.29, 1.82) is 0 Å². The highest BCUT2D eigenvalue weighted by molar-refractivity contribution is 7.89. The molecule has 1 fully saturated rings. The molecule has 0 unspecified atom stereocenters. The first-order valence-corrected chi connectivity index (χ1v) is 11.9. The minimum Gasteiger partial charge on any atom is -0.384 e. The molecule has 0 saturated carbocycles. The van der Waals surface area contributed by atoms with Crippen molar-refractivity contribution >= 4 is 31.7 Å². The van der Waals surface area contributed by atoms with Crippen LogP contribution in [0.5, 0.6) is 0 Å². The van der Waals surface area contributed by atoms with Gasteiger partial charge in [-0.1, -0.05) is 5.92 Å². The van der Waals surface area contributed by atoms with E-state index in [2.05, 4.69) is 26.5 Å². The Balaban J connectivity index is 1.85. The van der Waals surface area contributed by atoms with E-state index in [0.717, 1.165) is 0 Å². The molecule has 2 aromatic heterocycles. The van der Waals surface area contributed by atoms with E-state index in [1.54, 1.807) is 13.0 Å². The Morgan fingerprint density at radius 2 is 1.77 bits per heavy atom. The first-order chi connectivity index (χ1) is 14.2. The molecule has 1 aliphatic rings. The van der Waals surface area contributed by atoms with Crippen LogP contribution in [0.1, 0.15) is 6.92 Å². The van der Waals surface area contributed by atoms with Crippen molar-refractivity contribution in [2.24, 2.45) is 0 Å². The Labute approximate surface area is 176 Å². The zero-order valence-corrected chi connectivity index (χ0v) is 18.1. The third-order valence-corrected chi connectivity index (χ3v) is 7.89. The average molecular weight is 451 g/mol. The number of anilines is 2. The van der Waals surface area contributed by atoms with E-state index < -0.39 is 26.1 Å². The Bertz CT molecular complexity index is 1170. The summed E-state index contributed by atoms with van der Waals surface area (Å²) in [5, 5.41) is 0. The number of hydrogen-bond donors (Lipinski definition) is 2. The van der Waals surface area contributed by atoms with Crippen LogP contribution in [0, 0.1) is 11.8 Å². The number of pyridine rings is 2. The molecule has 0 aliphatic carbocycles. The minimum absolute atomic E-state index is 0.0453. The number of rotatable bonds is 5. The van der Waals surface area contributed by atoms with E-state index in [-0.39, 0.29) is 28.7 Å².